The highest BCUT2D eigenvalue weighted by molar-refractivity contribution is 7.80. The molecule has 23 heavy (non-hydrogen) atoms. The molecule has 0 amide bonds. The number of carboxylic acids is 1. The van der Waals surface area contributed by atoms with Crippen LogP contribution in [0.4, 0.5) is 0 Å². The summed E-state index contributed by atoms with van der Waals surface area (Å²) in [5.41, 5.74) is 6.52. The molecule has 0 aliphatic carbocycles. The van der Waals surface area contributed by atoms with Gasteiger partial charge in [0.2, 0.25) is 0 Å². The van der Waals surface area contributed by atoms with Crippen molar-refractivity contribution in [2.75, 3.05) is 14.1 Å². The average molecular weight is 352 g/mol. The van der Waals surface area contributed by atoms with E-state index in [2.05, 4.69) is 31.7 Å². The third kappa shape index (κ3) is 6.36. The maximum absolute atomic E-state index is 10.9. The van der Waals surface area contributed by atoms with Crippen LogP contribution in [0.3, 0.4) is 0 Å². The summed E-state index contributed by atoms with van der Waals surface area (Å²) in [6.45, 7) is 0. The summed E-state index contributed by atoms with van der Waals surface area (Å²) in [5, 5.41) is 23.1. The highest BCUT2D eigenvalue weighted by atomic mass is 32.1. The van der Waals surface area contributed by atoms with Crippen molar-refractivity contribution in [3.63, 3.8) is 0 Å². The third-order valence-electron chi connectivity index (χ3n) is 2.51. The smallest absolute Gasteiger partial charge is 0.335 e. The number of carbonyl (C=O) groups is 1. The molecular weight excluding hydrogens is 336 g/mol. The van der Waals surface area contributed by atoms with Crippen LogP contribution in [0.15, 0.2) is 34.5 Å². The monoisotopic (exact) mass is 352 g/mol. The third-order valence-corrected chi connectivity index (χ3v) is 3.10. The molecule has 1 aromatic rings. The molecule has 0 aliphatic heterocycles. The van der Waals surface area contributed by atoms with E-state index in [-0.39, 0.29) is 5.56 Å². The Morgan fingerprint density at radius 2 is 1.57 bits per heavy atom. The van der Waals surface area contributed by atoms with E-state index in [1.165, 1.54) is 18.3 Å². The van der Waals surface area contributed by atoms with Gasteiger partial charge in [-0.25, -0.2) is 4.79 Å². The number of carboxylic acid groups (broad SMARTS) is 1. The van der Waals surface area contributed by atoms with Crippen LogP contribution in [0.25, 0.3) is 0 Å². The lowest BCUT2D eigenvalue weighted by molar-refractivity contribution is 0.0697. The van der Waals surface area contributed by atoms with Crippen LogP contribution in [-0.2, 0) is 0 Å². The molecule has 1 rings (SSSR count). The van der Waals surface area contributed by atoms with Gasteiger partial charge in [0.15, 0.2) is 10.2 Å². The van der Waals surface area contributed by atoms with E-state index in [0.717, 1.165) is 0 Å². The van der Waals surface area contributed by atoms with Gasteiger partial charge in [0.05, 0.1) is 11.8 Å². The van der Waals surface area contributed by atoms with E-state index in [4.69, 9.17) is 29.5 Å². The molecule has 0 atom stereocenters. The van der Waals surface area contributed by atoms with Gasteiger partial charge in [-0.1, -0.05) is 12.1 Å². The second kappa shape index (κ2) is 9.43. The van der Waals surface area contributed by atoms with Crippen LogP contribution >= 0.6 is 24.4 Å². The molecule has 10 heteroatoms. The molecule has 1 aromatic carbocycles. The van der Waals surface area contributed by atoms with Crippen molar-refractivity contribution >= 4 is 52.6 Å². The maximum Gasteiger partial charge on any atom is 0.335 e. The minimum Gasteiger partial charge on any atom is -0.478 e. The predicted molar refractivity (Wildman–Crippen MR) is 98.0 cm³/mol. The van der Waals surface area contributed by atoms with Gasteiger partial charge in [0, 0.05) is 19.7 Å². The van der Waals surface area contributed by atoms with E-state index in [1.807, 2.05) is 0 Å². The van der Waals surface area contributed by atoms with Crippen molar-refractivity contribution in [1.82, 2.24) is 21.5 Å². The van der Waals surface area contributed by atoms with Crippen molar-refractivity contribution < 1.29 is 9.90 Å². The van der Waals surface area contributed by atoms with Gasteiger partial charge in [-0.05, 0) is 36.6 Å². The predicted octanol–water partition coefficient (Wildman–Crippen LogP) is 0.263. The highest BCUT2D eigenvalue weighted by Gasteiger charge is 2.06. The second-order valence-corrected chi connectivity index (χ2v) is 4.84. The molecule has 0 heterocycles. The largest absolute Gasteiger partial charge is 0.478 e. The summed E-state index contributed by atoms with van der Waals surface area (Å²) in [7, 11) is 3.32. The summed E-state index contributed by atoms with van der Waals surface area (Å²) in [4.78, 5) is 10.9. The number of rotatable bonds is 5. The first-order valence-corrected chi connectivity index (χ1v) is 7.19. The SMILES string of the molecule is CNC(=S)NN=CC(=NNC(=S)NC)c1ccc(C(=O)O)cc1. The summed E-state index contributed by atoms with van der Waals surface area (Å²) in [6, 6.07) is 6.19. The zero-order chi connectivity index (χ0) is 17.2. The first kappa shape index (κ1) is 18.5. The average Bonchev–Trinajstić information content (AvgIpc) is 2.57. The summed E-state index contributed by atoms with van der Waals surface area (Å²) >= 11 is 9.86. The Hall–Kier alpha value is -2.59. The zero-order valence-electron chi connectivity index (χ0n) is 12.5. The number of thiocarbonyl (C=S) groups is 2. The van der Waals surface area contributed by atoms with Crippen LogP contribution in [0, 0.1) is 0 Å². The van der Waals surface area contributed by atoms with Crippen LogP contribution in [0.1, 0.15) is 15.9 Å². The molecular formula is C13H16N6O2S2. The maximum atomic E-state index is 10.9. The Bertz CT molecular complexity index is 642. The van der Waals surface area contributed by atoms with Crippen LogP contribution in [0.2, 0.25) is 0 Å². The van der Waals surface area contributed by atoms with Gasteiger partial charge < -0.3 is 15.7 Å². The van der Waals surface area contributed by atoms with E-state index in [9.17, 15) is 4.79 Å². The topological polar surface area (TPSA) is 110 Å². The molecule has 0 spiro atoms. The minimum atomic E-state index is -1.00. The molecule has 0 saturated carbocycles. The highest BCUT2D eigenvalue weighted by Crippen LogP contribution is 2.05. The van der Waals surface area contributed by atoms with E-state index < -0.39 is 5.97 Å². The van der Waals surface area contributed by atoms with E-state index >= 15 is 0 Å². The van der Waals surface area contributed by atoms with Gasteiger partial charge in [0.1, 0.15) is 5.71 Å². The van der Waals surface area contributed by atoms with Crippen LogP contribution < -0.4 is 21.5 Å². The fourth-order valence-electron chi connectivity index (χ4n) is 1.33. The van der Waals surface area contributed by atoms with Crippen molar-refractivity contribution in [3.05, 3.63) is 35.4 Å². The minimum absolute atomic E-state index is 0.179. The summed E-state index contributed by atoms with van der Waals surface area (Å²) in [5.74, 6) is -1.00. The second-order valence-electron chi connectivity index (χ2n) is 4.02. The number of nitrogens with zero attached hydrogens (tertiary/aromatic N) is 2. The number of aromatic carboxylic acids is 1. The molecule has 0 fully saturated rings. The Balaban J connectivity index is 3.00. The molecule has 0 bridgehead atoms. The lowest BCUT2D eigenvalue weighted by Crippen LogP contribution is -2.30. The normalized spacial score (nSPS) is 11.0. The molecule has 0 saturated heterocycles. The Labute approximate surface area is 144 Å². The number of hydrogen-bond acceptors (Lipinski definition) is 5. The molecule has 0 radical (unpaired) electrons. The molecule has 8 nitrogen and oxygen atoms in total. The van der Waals surface area contributed by atoms with Gasteiger partial charge in [-0.3, -0.25) is 10.9 Å². The van der Waals surface area contributed by atoms with Crippen molar-refractivity contribution in [3.8, 4) is 0 Å². The fraction of sp³-hybridized carbons (Fsp3) is 0.154. The van der Waals surface area contributed by atoms with Gasteiger partial charge >= 0.3 is 5.97 Å². The molecule has 5 N–H and O–H groups in total. The number of hydrazone groups is 2. The van der Waals surface area contributed by atoms with Crippen molar-refractivity contribution in [1.29, 1.82) is 0 Å². The Morgan fingerprint density at radius 3 is 2.09 bits per heavy atom. The molecule has 0 aliphatic rings. The first-order valence-electron chi connectivity index (χ1n) is 6.38. The van der Waals surface area contributed by atoms with E-state index in [1.54, 1.807) is 26.2 Å². The summed E-state index contributed by atoms with van der Waals surface area (Å²) in [6.07, 6.45) is 1.44. The zero-order valence-corrected chi connectivity index (χ0v) is 14.1. The van der Waals surface area contributed by atoms with Crippen molar-refractivity contribution in [2.24, 2.45) is 10.2 Å². The quantitative estimate of drug-likeness (QED) is 0.292. The lowest BCUT2D eigenvalue weighted by atomic mass is 10.1. The van der Waals surface area contributed by atoms with Gasteiger partial charge in [0.25, 0.3) is 0 Å². The number of benzene rings is 1. The van der Waals surface area contributed by atoms with Gasteiger partial charge in [-0.15, -0.1) is 0 Å². The standard InChI is InChI=1S/C13H16N6O2S2/c1-14-12(22)18-16-7-10(17-19-13(23)15-2)8-3-5-9(6-4-8)11(20)21/h3-7H,1-2H3,(H,20,21)(H2,14,18,22)(H2,15,19,23). The lowest BCUT2D eigenvalue weighted by Gasteiger charge is -2.06. The van der Waals surface area contributed by atoms with Crippen LogP contribution in [0.5, 0.6) is 0 Å². The molecule has 0 aromatic heterocycles. The summed E-state index contributed by atoms with van der Waals surface area (Å²) < 4.78 is 0. The Morgan fingerprint density at radius 1 is 1.04 bits per heavy atom. The first-order chi connectivity index (χ1) is 11.0. The fourth-order valence-corrected chi connectivity index (χ4v) is 1.42. The van der Waals surface area contributed by atoms with Crippen molar-refractivity contribution in [2.45, 2.75) is 0 Å². The van der Waals surface area contributed by atoms with Gasteiger partial charge in [-0.2, -0.15) is 10.2 Å². The molecule has 0 unspecified atom stereocenters. The Kier molecular flexibility index (Phi) is 7.57. The van der Waals surface area contributed by atoms with E-state index in [0.29, 0.717) is 21.5 Å². The number of nitrogens with one attached hydrogen (secondary N) is 4. The molecule has 122 valence electrons. The number of hydrogen-bond donors (Lipinski definition) is 5. The van der Waals surface area contributed by atoms with Crippen LogP contribution in [-0.4, -0.2) is 47.3 Å².